The summed E-state index contributed by atoms with van der Waals surface area (Å²) in [4.78, 5) is 0. The Balaban J connectivity index is 2.06. The second kappa shape index (κ2) is 5.74. The first-order valence-electron chi connectivity index (χ1n) is 5.75. The normalized spacial score (nSPS) is 12.7. The van der Waals surface area contributed by atoms with Crippen molar-refractivity contribution in [3.8, 4) is 0 Å². The fourth-order valence-corrected chi connectivity index (χ4v) is 2.24. The topological polar surface area (TPSA) is 40.7 Å². The average molecular weight is 284 g/mol. The molecule has 5 heteroatoms. The molecular formula is C13H15Cl2N3. The summed E-state index contributed by atoms with van der Waals surface area (Å²) in [5.74, 6) is 0. The van der Waals surface area contributed by atoms with Crippen LogP contribution in [0.5, 0.6) is 0 Å². The van der Waals surface area contributed by atoms with Crippen LogP contribution in [0.1, 0.15) is 29.8 Å². The zero-order chi connectivity index (χ0) is 13.1. The first kappa shape index (κ1) is 13.4. The summed E-state index contributed by atoms with van der Waals surface area (Å²) in [6, 6.07) is 5.63. The molecule has 0 aliphatic rings. The quantitative estimate of drug-likeness (QED) is 0.894. The van der Waals surface area contributed by atoms with E-state index in [4.69, 9.17) is 23.2 Å². The molecule has 2 rings (SSSR count). The molecule has 2 aromatic rings. The van der Waals surface area contributed by atoms with E-state index >= 15 is 0 Å². The van der Waals surface area contributed by atoms with Crippen LogP contribution in [0, 0.1) is 6.92 Å². The molecule has 1 atom stereocenters. The third-order valence-electron chi connectivity index (χ3n) is 2.96. The molecule has 1 aromatic carbocycles. The van der Waals surface area contributed by atoms with Gasteiger partial charge in [-0.2, -0.15) is 5.10 Å². The summed E-state index contributed by atoms with van der Waals surface area (Å²) in [6.45, 7) is 4.81. The fourth-order valence-electron chi connectivity index (χ4n) is 1.77. The van der Waals surface area contributed by atoms with Crippen LogP contribution >= 0.6 is 23.2 Å². The van der Waals surface area contributed by atoms with Gasteiger partial charge in [-0.3, -0.25) is 5.10 Å². The van der Waals surface area contributed by atoms with E-state index in [0.29, 0.717) is 5.02 Å². The van der Waals surface area contributed by atoms with E-state index in [1.54, 1.807) is 6.07 Å². The van der Waals surface area contributed by atoms with Crippen molar-refractivity contribution in [1.29, 1.82) is 0 Å². The van der Waals surface area contributed by atoms with Gasteiger partial charge in [0.25, 0.3) is 0 Å². The Morgan fingerprint density at radius 3 is 2.83 bits per heavy atom. The molecule has 0 amide bonds. The third kappa shape index (κ3) is 3.05. The van der Waals surface area contributed by atoms with Gasteiger partial charge in [-0.25, -0.2) is 0 Å². The molecule has 0 fully saturated rings. The number of rotatable bonds is 4. The van der Waals surface area contributed by atoms with Crippen LogP contribution in [0.4, 0.5) is 0 Å². The molecule has 0 saturated heterocycles. The molecule has 18 heavy (non-hydrogen) atoms. The Labute approximate surface area is 117 Å². The number of nitrogens with one attached hydrogen (secondary N) is 2. The van der Waals surface area contributed by atoms with Crippen molar-refractivity contribution in [2.24, 2.45) is 0 Å². The monoisotopic (exact) mass is 283 g/mol. The minimum absolute atomic E-state index is 0.130. The van der Waals surface area contributed by atoms with Crippen molar-refractivity contribution in [1.82, 2.24) is 15.5 Å². The lowest BCUT2D eigenvalue weighted by atomic mass is 10.1. The summed E-state index contributed by atoms with van der Waals surface area (Å²) in [5.41, 5.74) is 3.23. The minimum atomic E-state index is 0.130. The molecule has 1 unspecified atom stereocenters. The third-order valence-corrected chi connectivity index (χ3v) is 3.54. The molecule has 1 aromatic heterocycles. The lowest BCUT2D eigenvalue weighted by molar-refractivity contribution is 0.574. The molecule has 0 aliphatic heterocycles. The van der Waals surface area contributed by atoms with Gasteiger partial charge in [-0.15, -0.1) is 0 Å². The second-order valence-corrected chi connectivity index (χ2v) is 5.13. The number of hydrogen-bond donors (Lipinski definition) is 2. The Kier molecular flexibility index (Phi) is 4.27. The smallest absolute Gasteiger partial charge is 0.0535 e. The molecule has 3 nitrogen and oxygen atoms in total. The average Bonchev–Trinajstić information content (AvgIpc) is 2.75. The van der Waals surface area contributed by atoms with Crippen LogP contribution in [0.3, 0.4) is 0 Å². The van der Waals surface area contributed by atoms with E-state index in [2.05, 4.69) is 22.4 Å². The Bertz CT molecular complexity index is 537. The van der Waals surface area contributed by atoms with Gasteiger partial charge >= 0.3 is 0 Å². The van der Waals surface area contributed by atoms with E-state index in [0.717, 1.165) is 28.4 Å². The Morgan fingerprint density at radius 2 is 2.17 bits per heavy atom. The van der Waals surface area contributed by atoms with E-state index in [-0.39, 0.29) is 6.04 Å². The number of aromatic nitrogens is 2. The number of H-pyrrole nitrogens is 1. The zero-order valence-corrected chi connectivity index (χ0v) is 11.8. The van der Waals surface area contributed by atoms with Crippen LogP contribution in [0.15, 0.2) is 24.4 Å². The molecule has 2 N–H and O–H groups in total. The van der Waals surface area contributed by atoms with Crippen molar-refractivity contribution in [2.75, 3.05) is 0 Å². The van der Waals surface area contributed by atoms with Gasteiger partial charge < -0.3 is 5.32 Å². The lowest BCUT2D eigenvalue weighted by Gasteiger charge is -2.15. The summed E-state index contributed by atoms with van der Waals surface area (Å²) in [7, 11) is 0. The molecule has 0 saturated carbocycles. The molecule has 1 heterocycles. The summed E-state index contributed by atoms with van der Waals surface area (Å²) in [6.07, 6.45) is 1.83. The predicted molar refractivity (Wildman–Crippen MR) is 75.0 cm³/mol. The molecule has 96 valence electrons. The van der Waals surface area contributed by atoms with E-state index in [1.807, 2.05) is 25.3 Å². The number of halogens is 2. The van der Waals surface area contributed by atoms with Crippen LogP contribution in [-0.2, 0) is 6.54 Å². The first-order valence-corrected chi connectivity index (χ1v) is 6.50. The molecule has 0 bridgehead atoms. The van der Waals surface area contributed by atoms with Crippen molar-refractivity contribution in [3.63, 3.8) is 0 Å². The minimum Gasteiger partial charge on any atom is -0.306 e. The van der Waals surface area contributed by atoms with Crippen molar-refractivity contribution in [3.05, 3.63) is 51.3 Å². The summed E-state index contributed by atoms with van der Waals surface area (Å²) in [5, 5.41) is 11.7. The number of nitrogens with zero attached hydrogens (tertiary/aromatic N) is 1. The standard InChI is InChI=1S/C13H15Cl2N3/c1-8-10(7-17-18-8)6-16-9(2)12-5-11(14)3-4-13(12)15/h3-5,7,9,16H,6H2,1-2H3,(H,17,18). The second-order valence-electron chi connectivity index (χ2n) is 4.29. The Hall–Kier alpha value is -1.03. The maximum atomic E-state index is 6.17. The van der Waals surface area contributed by atoms with E-state index < -0.39 is 0 Å². The van der Waals surface area contributed by atoms with Crippen molar-refractivity contribution in [2.45, 2.75) is 26.4 Å². The maximum Gasteiger partial charge on any atom is 0.0535 e. The SMILES string of the molecule is Cc1[nH]ncc1CNC(C)c1cc(Cl)ccc1Cl. The predicted octanol–water partition coefficient (Wildman–Crippen LogP) is 3.88. The molecule has 0 aliphatic carbocycles. The number of aryl methyl sites for hydroxylation is 1. The van der Waals surface area contributed by atoms with Gasteiger partial charge in [0, 0.05) is 33.9 Å². The van der Waals surface area contributed by atoms with Gasteiger partial charge in [-0.05, 0) is 37.6 Å². The maximum absolute atomic E-state index is 6.17. The fraction of sp³-hybridized carbons (Fsp3) is 0.308. The Morgan fingerprint density at radius 1 is 1.39 bits per heavy atom. The van der Waals surface area contributed by atoms with Gasteiger partial charge in [0.1, 0.15) is 0 Å². The van der Waals surface area contributed by atoms with E-state index in [1.165, 1.54) is 0 Å². The highest BCUT2D eigenvalue weighted by Crippen LogP contribution is 2.26. The van der Waals surface area contributed by atoms with Gasteiger partial charge in [0.2, 0.25) is 0 Å². The first-order chi connectivity index (χ1) is 8.58. The highest BCUT2D eigenvalue weighted by molar-refractivity contribution is 6.33. The van der Waals surface area contributed by atoms with Crippen LogP contribution in [-0.4, -0.2) is 10.2 Å². The molecule has 0 radical (unpaired) electrons. The largest absolute Gasteiger partial charge is 0.306 e. The molecular weight excluding hydrogens is 269 g/mol. The summed E-state index contributed by atoms with van der Waals surface area (Å²) < 4.78 is 0. The van der Waals surface area contributed by atoms with E-state index in [9.17, 15) is 0 Å². The van der Waals surface area contributed by atoms with Gasteiger partial charge in [-0.1, -0.05) is 23.2 Å². The molecule has 0 spiro atoms. The van der Waals surface area contributed by atoms with Crippen LogP contribution in [0.2, 0.25) is 10.0 Å². The van der Waals surface area contributed by atoms with Gasteiger partial charge in [0.15, 0.2) is 0 Å². The van der Waals surface area contributed by atoms with Crippen LogP contribution < -0.4 is 5.32 Å². The highest BCUT2D eigenvalue weighted by Gasteiger charge is 2.10. The number of hydrogen-bond acceptors (Lipinski definition) is 2. The van der Waals surface area contributed by atoms with Crippen molar-refractivity contribution >= 4 is 23.2 Å². The van der Waals surface area contributed by atoms with Crippen molar-refractivity contribution < 1.29 is 0 Å². The highest BCUT2D eigenvalue weighted by atomic mass is 35.5. The lowest BCUT2D eigenvalue weighted by Crippen LogP contribution is -2.18. The number of benzene rings is 1. The number of aromatic amines is 1. The summed E-state index contributed by atoms with van der Waals surface area (Å²) >= 11 is 12.2. The zero-order valence-electron chi connectivity index (χ0n) is 10.3. The van der Waals surface area contributed by atoms with Crippen LogP contribution in [0.25, 0.3) is 0 Å². The van der Waals surface area contributed by atoms with Gasteiger partial charge in [0.05, 0.1) is 6.20 Å².